The largest absolute Gasteiger partial charge is 0.0622 e. The SMILES string of the molecule is CC1(C)c2ccc(-c3cccc(-c4c5ccccc5c(-c5ccccc5-c5ccccc5)c5ccccc45)c3)cc2-c2c1ccc1ccccc21. The predicted octanol–water partition coefficient (Wildman–Crippen LogP) is 14.1. The topological polar surface area (TPSA) is 0 Å². The summed E-state index contributed by atoms with van der Waals surface area (Å²) in [6, 6.07) is 67.3. The molecule has 0 bridgehead atoms. The Bertz CT molecular complexity index is 2760. The molecule has 9 aromatic carbocycles. The highest BCUT2D eigenvalue weighted by molar-refractivity contribution is 6.22. The van der Waals surface area contributed by atoms with E-state index in [2.05, 4.69) is 196 Å². The Balaban J connectivity index is 1.18. The summed E-state index contributed by atoms with van der Waals surface area (Å²) in [5.41, 5.74) is 15.5. The minimum Gasteiger partial charge on any atom is -0.0622 e. The third kappa shape index (κ3) is 4.53. The first-order valence-corrected chi connectivity index (χ1v) is 17.9. The van der Waals surface area contributed by atoms with Crippen molar-refractivity contribution in [2.24, 2.45) is 0 Å². The number of fused-ring (bicyclic) bond motifs is 7. The highest BCUT2D eigenvalue weighted by Crippen LogP contribution is 2.52. The summed E-state index contributed by atoms with van der Waals surface area (Å²) in [5, 5.41) is 7.69. The lowest BCUT2D eigenvalue weighted by Gasteiger charge is -2.22. The average Bonchev–Trinajstić information content (AvgIpc) is 3.43. The third-order valence-electron chi connectivity index (χ3n) is 11.3. The second-order valence-electron chi connectivity index (χ2n) is 14.4. The molecule has 0 fully saturated rings. The molecule has 0 heterocycles. The van der Waals surface area contributed by atoms with Crippen molar-refractivity contribution in [1.29, 1.82) is 0 Å². The molecule has 0 spiro atoms. The van der Waals surface area contributed by atoms with E-state index in [1.165, 1.54) is 99.1 Å². The molecule has 0 amide bonds. The molecule has 240 valence electrons. The molecule has 1 aliphatic carbocycles. The first-order valence-electron chi connectivity index (χ1n) is 17.9. The summed E-state index contributed by atoms with van der Waals surface area (Å²) < 4.78 is 0. The lowest BCUT2D eigenvalue weighted by molar-refractivity contribution is 0.661. The normalized spacial score (nSPS) is 13.1. The Hall–Kier alpha value is -6.24. The molecule has 0 unspecified atom stereocenters. The van der Waals surface area contributed by atoms with Gasteiger partial charge in [-0.05, 0) is 111 Å². The summed E-state index contributed by atoms with van der Waals surface area (Å²) in [7, 11) is 0. The smallest absolute Gasteiger partial charge is 0.0159 e. The molecule has 10 rings (SSSR count). The van der Waals surface area contributed by atoms with Crippen molar-refractivity contribution in [3.05, 3.63) is 193 Å². The summed E-state index contributed by atoms with van der Waals surface area (Å²) >= 11 is 0. The standard InChI is InChI=1S/C51H36/c1-51(2)46-29-28-36(32-45(46)50-39-21-7-6-17-34(39)27-30-47(50)51)35-18-14-19-37(31-35)48-41-23-10-12-25-43(41)49(44-26-13-11-24-42(44)48)40-22-9-8-20-38(40)33-15-4-3-5-16-33/h3-32H,1-2H3. The lowest BCUT2D eigenvalue weighted by atomic mass is 9.81. The van der Waals surface area contributed by atoms with Crippen LogP contribution < -0.4 is 0 Å². The molecule has 0 aromatic heterocycles. The Morgan fingerprint density at radius 3 is 1.55 bits per heavy atom. The van der Waals surface area contributed by atoms with Crippen molar-refractivity contribution >= 4 is 32.3 Å². The molecule has 9 aromatic rings. The van der Waals surface area contributed by atoms with Crippen molar-refractivity contribution in [3.8, 4) is 55.6 Å². The zero-order valence-corrected chi connectivity index (χ0v) is 28.8. The Kier molecular flexibility index (Phi) is 6.63. The van der Waals surface area contributed by atoms with E-state index >= 15 is 0 Å². The Morgan fingerprint density at radius 2 is 0.824 bits per heavy atom. The van der Waals surface area contributed by atoms with E-state index in [4.69, 9.17) is 0 Å². The number of benzene rings is 9. The van der Waals surface area contributed by atoms with Gasteiger partial charge in [0.1, 0.15) is 0 Å². The highest BCUT2D eigenvalue weighted by Gasteiger charge is 2.36. The van der Waals surface area contributed by atoms with E-state index in [9.17, 15) is 0 Å². The lowest BCUT2D eigenvalue weighted by Crippen LogP contribution is -2.14. The molecule has 1 aliphatic rings. The minimum atomic E-state index is -0.0478. The van der Waals surface area contributed by atoms with Gasteiger partial charge < -0.3 is 0 Å². The van der Waals surface area contributed by atoms with Gasteiger partial charge in [-0.25, -0.2) is 0 Å². The van der Waals surface area contributed by atoms with E-state index in [1.807, 2.05) is 0 Å². The van der Waals surface area contributed by atoms with Gasteiger partial charge in [-0.15, -0.1) is 0 Å². The monoisotopic (exact) mass is 648 g/mol. The predicted molar refractivity (Wildman–Crippen MR) is 218 cm³/mol. The first kappa shape index (κ1) is 29.7. The number of hydrogen-bond donors (Lipinski definition) is 0. The molecular formula is C51H36. The van der Waals surface area contributed by atoms with Gasteiger partial charge in [0.2, 0.25) is 0 Å². The van der Waals surface area contributed by atoms with Crippen molar-refractivity contribution in [1.82, 2.24) is 0 Å². The molecule has 0 radical (unpaired) electrons. The first-order chi connectivity index (χ1) is 25.1. The van der Waals surface area contributed by atoms with Crippen LogP contribution >= 0.6 is 0 Å². The molecule has 51 heavy (non-hydrogen) atoms. The van der Waals surface area contributed by atoms with Crippen molar-refractivity contribution in [2.75, 3.05) is 0 Å². The number of rotatable bonds is 4. The second-order valence-corrected chi connectivity index (χ2v) is 14.4. The Labute approximate surface area is 299 Å². The van der Waals surface area contributed by atoms with Gasteiger partial charge in [0.05, 0.1) is 0 Å². The zero-order valence-electron chi connectivity index (χ0n) is 28.8. The van der Waals surface area contributed by atoms with Crippen LogP contribution in [0.4, 0.5) is 0 Å². The van der Waals surface area contributed by atoms with Crippen molar-refractivity contribution in [2.45, 2.75) is 19.3 Å². The summed E-state index contributed by atoms with van der Waals surface area (Å²) in [4.78, 5) is 0. The number of hydrogen-bond acceptors (Lipinski definition) is 0. The van der Waals surface area contributed by atoms with Crippen LogP contribution in [0.25, 0.3) is 88.0 Å². The molecule has 0 heteroatoms. The maximum absolute atomic E-state index is 2.44. The molecule has 0 nitrogen and oxygen atoms in total. The molecule has 0 atom stereocenters. The van der Waals surface area contributed by atoms with E-state index in [1.54, 1.807) is 0 Å². The van der Waals surface area contributed by atoms with Gasteiger partial charge in [0, 0.05) is 5.41 Å². The van der Waals surface area contributed by atoms with Crippen LogP contribution in [0, 0.1) is 0 Å². The van der Waals surface area contributed by atoms with Crippen molar-refractivity contribution < 1.29 is 0 Å². The fourth-order valence-corrected chi connectivity index (χ4v) is 8.86. The van der Waals surface area contributed by atoms with Crippen LogP contribution in [0.3, 0.4) is 0 Å². The minimum absolute atomic E-state index is 0.0478. The maximum atomic E-state index is 2.44. The molecule has 0 saturated carbocycles. The average molecular weight is 649 g/mol. The third-order valence-corrected chi connectivity index (χ3v) is 11.3. The van der Waals surface area contributed by atoms with E-state index in [0.717, 1.165) is 0 Å². The quantitative estimate of drug-likeness (QED) is 0.167. The summed E-state index contributed by atoms with van der Waals surface area (Å²) in [5.74, 6) is 0. The fourth-order valence-electron chi connectivity index (χ4n) is 8.86. The van der Waals surface area contributed by atoms with E-state index in [0.29, 0.717) is 0 Å². The molecule has 0 saturated heterocycles. The van der Waals surface area contributed by atoms with Gasteiger partial charge in [-0.3, -0.25) is 0 Å². The van der Waals surface area contributed by atoms with Crippen LogP contribution in [0.5, 0.6) is 0 Å². The van der Waals surface area contributed by atoms with Crippen LogP contribution in [0.1, 0.15) is 25.0 Å². The van der Waals surface area contributed by atoms with E-state index < -0.39 is 0 Å². The zero-order chi connectivity index (χ0) is 34.1. The fraction of sp³-hybridized carbons (Fsp3) is 0.0588. The van der Waals surface area contributed by atoms with E-state index in [-0.39, 0.29) is 5.41 Å². The van der Waals surface area contributed by atoms with Crippen LogP contribution in [0.2, 0.25) is 0 Å². The van der Waals surface area contributed by atoms with Gasteiger partial charge in [-0.2, -0.15) is 0 Å². The van der Waals surface area contributed by atoms with Crippen molar-refractivity contribution in [3.63, 3.8) is 0 Å². The van der Waals surface area contributed by atoms with Gasteiger partial charge >= 0.3 is 0 Å². The van der Waals surface area contributed by atoms with Gasteiger partial charge in [-0.1, -0.05) is 184 Å². The van der Waals surface area contributed by atoms with Crippen LogP contribution in [-0.4, -0.2) is 0 Å². The van der Waals surface area contributed by atoms with Gasteiger partial charge in [0.25, 0.3) is 0 Å². The maximum Gasteiger partial charge on any atom is 0.0159 e. The van der Waals surface area contributed by atoms with Gasteiger partial charge in [0.15, 0.2) is 0 Å². The summed E-state index contributed by atoms with van der Waals surface area (Å²) in [6.45, 7) is 4.73. The second kappa shape index (κ2) is 11.4. The molecule has 0 aliphatic heterocycles. The summed E-state index contributed by atoms with van der Waals surface area (Å²) in [6.07, 6.45) is 0. The Morgan fingerprint density at radius 1 is 0.294 bits per heavy atom. The van der Waals surface area contributed by atoms with Crippen LogP contribution in [0.15, 0.2) is 182 Å². The molecular weight excluding hydrogens is 613 g/mol. The highest BCUT2D eigenvalue weighted by atomic mass is 14.4. The molecule has 0 N–H and O–H groups in total. The van der Waals surface area contributed by atoms with Crippen LogP contribution in [-0.2, 0) is 5.41 Å².